The molecule has 1 heterocycles. The number of ether oxygens (including phenoxy) is 1. The van der Waals surface area contributed by atoms with Gasteiger partial charge in [-0.15, -0.1) is 12.6 Å². The summed E-state index contributed by atoms with van der Waals surface area (Å²) in [5.74, 6) is 0.718. The maximum atomic E-state index is 12.5. The van der Waals surface area contributed by atoms with E-state index in [0.717, 1.165) is 48.6 Å². The second-order valence-corrected chi connectivity index (χ2v) is 5.71. The van der Waals surface area contributed by atoms with E-state index in [9.17, 15) is 4.79 Å². The Hall–Kier alpha value is -1.00. The van der Waals surface area contributed by atoms with Crippen LogP contribution in [0.15, 0.2) is 23.1 Å². The van der Waals surface area contributed by atoms with Crippen molar-refractivity contribution >= 4 is 18.5 Å². The molecule has 1 aliphatic heterocycles. The number of methoxy groups -OCH3 is 1. The lowest BCUT2D eigenvalue weighted by molar-refractivity contribution is 0.0612. The predicted molar refractivity (Wildman–Crippen MR) is 78.9 cm³/mol. The highest BCUT2D eigenvalue weighted by Gasteiger charge is 2.24. The van der Waals surface area contributed by atoms with Gasteiger partial charge in [0.25, 0.3) is 5.91 Å². The average molecular weight is 279 g/mol. The Kier molecular flexibility index (Phi) is 4.88. The van der Waals surface area contributed by atoms with Crippen molar-refractivity contribution < 1.29 is 9.53 Å². The first-order chi connectivity index (χ1) is 9.11. The summed E-state index contributed by atoms with van der Waals surface area (Å²) in [4.78, 5) is 15.3. The normalized spacial score (nSPS) is 16.7. The van der Waals surface area contributed by atoms with Crippen LogP contribution in [-0.2, 0) is 4.74 Å². The third kappa shape index (κ3) is 3.51. The van der Waals surface area contributed by atoms with Crippen LogP contribution < -0.4 is 0 Å². The van der Waals surface area contributed by atoms with Gasteiger partial charge in [0.15, 0.2) is 0 Å². The number of piperidine rings is 1. The fourth-order valence-corrected chi connectivity index (χ4v) is 2.75. The van der Waals surface area contributed by atoms with E-state index < -0.39 is 0 Å². The van der Waals surface area contributed by atoms with Gasteiger partial charge in [-0.3, -0.25) is 4.79 Å². The van der Waals surface area contributed by atoms with E-state index in [2.05, 4.69) is 12.6 Å². The molecule has 1 aromatic carbocycles. The first-order valence-electron chi connectivity index (χ1n) is 6.69. The van der Waals surface area contributed by atoms with Crippen molar-refractivity contribution in [1.82, 2.24) is 4.90 Å². The summed E-state index contributed by atoms with van der Waals surface area (Å²) in [6.45, 7) is 4.41. The summed E-state index contributed by atoms with van der Waals surface area (Å²) >= 11 is 4.31. The van der Waals surface area contributed by atoms with Crippen LogP contribution in [0.3, 0.4) is 0 Å². The molecule has 0 N–H and O–H groups in total. The number of carbonyl (C=O) groups excluding carboxylic acids is 1. The molecule has 2 rings (SSSR count). The molecule has 0 bridgehead atoms. The molecule has 4 heteroatoms. The Labute approximate surface area is 120 Å². The summed E-state index contributed by atoms with van der Waals surface area (Å²) in [6.07, 6.45) is 2.05. The van der Waals surface area contributed by atoms with Gasteiger partial charge in [0, 0.05) is 37.3 Å². The second kappa shape index (κ2) is 6.44. The minimum absolute atomic E-state index is 0.129. The lowest BCUT2D eigenvalue weighted by Crippen LogP contribution is -2.39. The summed E-state index contributed by atoms with van der Waals surface area (Å²) in [7, 11) is 1.74. The van der Waals surface area contributed by atoms with Crippen molar-refractivity contribution in [2.24, 2.45) is 5.92 Å². The predicted octanol–water partition coefficient (Wildman–Crippen LogP) is 2.78. The number of hydrogen-bond donors (Lipinski definition) is 1. The van der Waals surface area contributed by atoms with Gasteiger partial charge in [-0.25, -0.2) is 0 Å². The minimum Gasteiger partial charge on any atom is -0.384 e. The Morgan fingerprint density at radius 2 is 2.11 bits per heavy atom. The Morgan fingerprint density at radius 1 is 1.42 bits per heavy atom. The maximum absolute atomic E-state index is 12.5. The number of carbonyl (C=O) groups is 1. The standard InChI is InChI=1S/C15H21NO2S/c1-11-3-4-13(19)9-14(11)15(17)16-7-5-12(6-8-16)10-18-2/h3-4,9,12,19H,5-8,10H2,1-2H3. The lowest BCUT2D eigenvalue weighted by Gasteiger charge is -2.32. The van der Waals surface area contributed by atoms with Crippen LogP contribution in [0.5, 0.6) is 0 Å². The van der Waals surface area contributed by atoms with Gasteiger partial charge >= 0.3 is 0 Å². The van der Waals surface area contributed by atoms with Gasteiger partial charge in [-0.1, -0.05) is 6.07 Å². The molecular weight excluding hydrogens is 258 g/mol. The molecule has 3 nitrogen and oxygen atoms in total. The van der Waals surface area contributed by atoms with Crippen molar-refractivity contribution in [2.45, 2.75) is 24.7 Å². The fourth-order valence-electron chi connectivity index (χ4n) is 2.55. The van der Waals surface area contributed by atoms with E-state index in [1.165, 1.54) is 0 Å². The summed E-state index contributed by atoms with van der Waals surface area (Å²) < 4.78 is 5.18. The van der Waals surface area contributed by atoms with Crippen molar-refractivity contribution in [1.29, 1.82) is 0 Å². The van der Waals surface area contributed by atoms with E-state index in [0.29, 0.717) is 5.92 Å². The molecule has 0 aromatic heterocycles. The van der Waals surface area contributed by atoms with Gasteiger partial charge in [-0.2, -0.15) is 0 Å². The number of rotatable bonds is 3. The van der Waals surface area contributed by atoms with Crippen LogP contribution in [0.25, 0.3) is 0 Å². The van der Waals surface area contributed by atoms with Crippen LogP contribution >= 0.6 is 12.6 Å². The zero-order chi connectivity index (χ0) is 13.8. The highest BCUT2D eigenvalue weighted by atomic mass is 32.1. The number of thiol groups is 1. The number of likely N-dealkylation sites (tertiary alicyclic amines) is 1. The number of benzene rings is 1. The molecule has 1 fully saturated rings. The molecular formula is C15H21NO2S. The van der Waals surface area contributed by atoms with E-state index >= 15 is 0 Å². The van der Waals surface area contributed by atoms with E-state index in [1.807, 2.05) is 30.0 Å². The van der Waals surface area contributed by atoms with Crippen LogP contribution in [0, 0.1) is 12.8 Å². The van der Waals surface area contributed by atoms with E-state index in [1.54, 1.807) is 7.11 Å². The maximum Gasteiger partial charge on any atom is 0.254 e. The SMILES string of the molecule is COCC1CCN(C(=O)c2cc(S)ccc2C)CC1. The monoisotopic (exact) mass is 279 g/mol. The van der Waals surface area contributed by atoms with Crippen LogP contribution in [0.4, 0.5) is 0 Å². The van der Waals surface area contributed by atoms with Crippen molar-refractivity contribution in [3.05, 3.63) is 29.3 Å². The average Bonchev–Trinajstić information content (AvgIpc) is 2.42. The molecule has 0 aliphatic carbocycles. The number of aryl methyl sites for hydroxylation is 1. The Balaban J connectivity index is 2.03. The van der Waals surface area contributed by atoms with Crippen LogP contribution in [-0.4, -0.2) is 37.6 Å². The second-order valence-electron chi connectivity index (χ2n) is 5.19. The summed E-state index contributed by atoms with van der Waals surface area (Å²) in [6, 6.07) is 5.73. The first kappa shape index (κ1) is 14.4. The summed E-state index contributed by atoms with van der Waals surface area (Å²) in [5, 5.41) is 0. The van der Waals surface area contributed by atoms with Gasteiger partial charge in [-0.05, 0) is 43.4 Å². The number of nitrogens with zero attached hydrogens (tertiary/aromatic N) is 1. The molecule has 0 saturated carbocycles. The molecule has 1 aliphatic rings. The van der Waals surface area contributed by atoms with Gasteiger partial charge in [0.05, 0.1) is 0 Å². The molecule has 19 heavy (non-hydrogen) atoms. The smallest absolute Gasteiger partial charge is 0.254 e. The molecule has 0 radical (unpaired) electrons. The van der Waals surface area contributed by atoms with E-state index in [4.69, 9.17) is 4.74 Å². The number of hydrogen-bond acceptors (Lipinski definition) is 3. The van der Waals surface area contributed by atoms with Gasteiger partial charge < -0.3 is 9.64 Å². The number of amides is 1. The molecule has 0 spiro atoms. The minimum atomic E-state index is 0.129. The van der Waals surface area contributed by atoms with Crippen molar-refractivity contribution in [3.8, 4) is 0 Å². The first-order valence-corrected chi connectivity index (χ1v) is 7.14. The van der Waals surface area contributed by atoms with Crippen LogP contribution in [0.2, 0.25) is 0 Å². The third-order valence-electron chi connectivity index (χ3n) is 3.76. The zero-order valence-electron chi connectivity index (χ0n) is 11.6. The topological polar surface area (TPSA) is 29.5 Å². The van der Waals surface area contributed by atoms with Crippen molar-refractivity contribution in [3.63, 3.8) is 0 Å². The van der Waals surface area contributed by atoms with Gasteiger partial charge in [0.1, 0.15) is 0 Å². The molecule has 1 aromatic rings. The molecule has 1 amide bonds. The lowest BCUT2D eigenvalue weighted by atomic mass is 9.97. The highest BCUT2D eigenvalue weighted by molar-refractivity contribution is 7.80. The largest absolute Gasteiger partial charge is 0.384 e. The Morgan fingerprint density at radius 3 is 2.74 bits per heavy atom. The summed E-state index contributed by atoms with van der Waals surface area (Å²) in [5.41, 5.74) is 1.79. The zero-order valence-corrected chi connectivity index (χ0v) is 12.5. The molecule has 104 valence electrons. The van der Waals surface area contributed by atoms with E-state index in [-0.39, 0.29) is 5.91 Å². The molecule has 1 saturated heterocycles. The molecule has 0 atom stereocenters. The van der Waals surface area contributed by atoms with Gasteiger partial charge in [0.2, 0.25) is 0 Å². The van der Waals surface area contributed by atoms with Crippen molar-refractivity contribution in [2.75, 3.05) is 26.8 Å². The van der Waals surface area contributed by atoms with Crippen LogP contribution in [0.1, 0.15) is 28.8 Å². The quantitative estimate of drug-likeness (QED) is 0.862. The molecule has 0 unspecified atom stereocenters. The highest BCUT2D eigenvalue weighted by Crippen LogP contribution is 2.21. The third-order valence-corrected chi connectivity index (χ3v) is 4.03. The fraction of sp³-hybridized carbons (Fsp3) is 0.533. The Bertz CT molecular complexity index is 453.